The number of benzene rings is 2. The minimum absolute atomic E-state index is 0.0905. The fourth-order valence-electron chi connectivity index (χ4n) is 2.15. The Bertz CT molecular complexity index is 745. The van der Waals surface area contributed by atoms with Gasteiger partial charge in [0.05, 0.1) is 16.1 Å². The Balaban J connectivity index is 2.00. The van der Waals surface area contributed by atoms with Crippen LogP contribution in [0.5, 0.6) is 0 Å². The van der Waals surface area contributed by atoms with E-state index in [2.05, 4.69) is 10.6 Å². The second-order valence-corrected chi connectivity index (χ2v) is 6.29. The summed E-state index contributed by atoms with van der Waals surface area (Å²) in [5.74, 6) is -0.271. The molecule has 2 aromatic carbocycles. The van der Waals surface area contributed by atoms with Gasteiger partial charge in [0.2, 0.25) is 5.91 Å². The number of amides is 2. The fourth-order valence-corrected chi connectivity index (χ4v) is 2.45. The molecule has 24 heavy (non-hydrogen) atoms. The van der Waals surface area contributed by atoms with Crippen LogP contribution in [0.15, 0.2) is 42.5 Å². The Labute approximate surface area is 151 Å². The van der Waals surface area contributed by atoms with Gasteiger partial charge < -0.3 is 10.6 Å². The molecule has 4 nitrogen and oxygen atoms in total. The predicted molar refractivity (Wildman–Crippen MR) is 96.3 cm³/mol. The minimum Gasteiger partial charge on any atom is -0.352 e. The molecule has 2 amide bonds. The third kappa shape index (κ3) is 4.98. The molecule has 1 unspecified atom stereocenters. The molecule has 0 aliphatic carbocycles. The van der Waals surface area contributed by atoms with E-state index in [1.165, 1.54) is 6.92 Å². The van der Waals surface area contributed by atoms with Crippen molar-refractivity contribution in [3.8, 4) is 0 Å². The highest BCUT2D eigenvalue weighted by Crippen LogP contribution is 2.25. The lowest BCUT2D eigenvalue weighted by molar-refractivity contribution is -0.119. The zero-order valence-corrected chi connectivity index (χ0v) is 14.9. The van der Waals surface area contributed by atoms with Gasteiger partial charge in [-0.15, -0.1) is 0 Å². The number of halogens is 2. The zero-order valence-electron chi connectivity index (χ0n) is 13.4. The molecule has 0 aliphatic heterocycles. The number of hydrogen-bond acceptors (Lipinski definition) is 2. The lowest BCUT2D eigenvalue weighted by atomic mass is 10.1. The zero-order chi connectivity index (χ0) is 17.7. The molecule has 6 heteroatoms. The largest absolute Gasteiger partial charge is 0.352 e. The maximum Gasteiger partial charge on any atom is 0.251 e. The van der Waals surface area contributed by atoms with E-state index in [4.69, 9.17) is 23.2 Å². The van der Waals surface area contributed by atoms with Gasteiger partial charge in [-0.2, -0.15) is 0 Å². The molecule has 2 N–H and O–H groups in total. The smallest absolute Gasteiger partial charge is 0.251 e. The Kier molecular flexibility index (Phi) is 6.23. The van der Waals surface area contributed by atoms with Crippen LogP contribution in [0.3, 0.4) is 0 Å². The standard InChI is InChI=1S/C18H18Cl2N2O2/c1-11(15-7-8-16(19)17(20)9-15)22-18(24)14-5-3-13(4-6-14)10-21-12(2)23/h3-9,11H,10H2,1-2H3,(H,21,23)(H,22,24). The van der Waals surface area contributed by atoms with Gasteiger partial charge in [-0.1, -0.05) is 41.4 Å². The molecule has 0 radical (unpaired) electrons. The van der Waals surface area contributed by atoms with Crippen LogP contribution < -0.4 is 10.6 Å². The topological polar surface area (TPSA) is 58.2 Å². The summed E-state index contributed by atoms with van der Waals surface area (Å²) in [7, 11) is 0. The van der Waals surface area contributed by atoms with Crippen LogP contribution in [0.2, 0.25) is 10.0 Å². The predicted octanol–water partition coefficient (Wildman–Crippen LogP) is 4.12. The van der Waals surface area contributed by atoms with Crippen LogP contribution in [0, 0.1) is 0 Å². The molecular weight excluding hydrogens is 347 g/mol. The van der Waals surface area contributed by atoms with E-state index >= 15 is 0 Å². The number of carbonyl (C=O) groups is 2. The summed E-state index contributed by atoms with van der Waals surface area (Å²) in [4.78, 5) is 23.2. The molecule has 0 aliphatic rings. The normalized spacial score (nSPS) is 11.7. The number of hydrogen-bond donors (Lipinski definition) is 2. The summed E-state index contributed by atoms with van der Waals surface area (Å²) in [6.45, 7) is 3.78. The van der Waals surface area contributed by atoms with Gasteiger partial charge >= 0.3 is 0 Å². The summed E-state index contributed by atoms with van der Waals surface area (Å²) in [5, 5.41) is 6.57. The van der Waals surface area contributed by atoms with Gasteiger partial charge in [0.1, 0.15) is 0 Å². The summed E-state index contributed by atoms with van der Waals surface area (Å²) in [6, 6.07) is 12.2. The van der Waals surface area contributed by atoms with Gasteiger partial charge in [0, 0.05) is 19.0 Å². The number of rotatable bonds is 5. The fraction of sp³-hybridized carbons (Fsp3) is 0.222. The third-order valence-electron chi connectivity index (χ3n) is 3.55. The van der Waals surface area contributed by atoms with Gasteiger partial charge in [0.15, 0.2) is 0 Å². The van der Waals surface area contributed by atoms with Crippen LogP contribution in [0.25, 0.3) is 0 Å². The maximum atomic E-state index is 12.3. The minimum atomic E-state index is -0.202. The SMILES string of the molecule is CC(=O)NCc1ccc(C(=O)NC(C)c2ccc(Cl)c(Cl)c2)cc1. The molecule has 0 heterocycles. The van der Waals surface area contributed by atoms with Crippen LogP contribution in [-0.4, -0.2) is 11.8 Å². The first-order valence-electron chi connectivity index (χ1n) is 7.46. The van der Waals surface area contributed by atoms with Crippen LogP contribution in [0.4, 0.5) is 0 Å². The van der Waals surface area contributed by atoms with Crippen molar-refractivity contribution in [2.24, 2.45) is 0 Å². The average molecular weight is 365 g/mol. The Morgan fingerprint density at radius 1 is 1.04 bits per heavy atom. The summed E-state index contributed by atoms with van der Waals surface area (Å²) in [5.41, 5.74) is 2.35. The highest BCUT2D eigenvalue weighted by molar-refractivity contribution is 6.42. The molecule has 0 fully saturated rings. The van der Waals surface area contributed by atoms with Gasteiger partial charge in [0.25, 0.3) is 5.91 Å². The highest BCUT2D eigenvalue weighted by Gasteiger charge is 2.12. The molecule has 0 aromatic heterocycles. The summed E-state index contributed by atoms with van der Waals surface area (Å²) >= 11 is 11.9. The van der Waals surface area contributed by atoms with Crippen molar-refractivity contribution >= 4 is 35.0 Å². The van der Waals surface area contributed by atoms with Crippen molar-refractivity contribution in [1.82, 2.24) is 10.6 Å². The number of nitrogens with one attached hydrogen (secondary N) is 2. The van der Waals surface area contributed by atoms with Crippen molar-refractivity contribution in [3.63, 3.8) is 0 Å². The third-order valence-corrected chi connectivity index (χ3v) is 4.29. The molecule has 0 saturated carbocycles. The lowest BCUT2D eigenvalue weighted by Gasteiger charge is -2.15. The molecule has 1 atom stereocenters. The van der Waals surface area contributed by atoms with E-state index < -0.39 is 0 Å². The first-order chi connectivity index (χ1) is 11.4. The van der Waals surface area contributed by atoms with Gasteiger partial charge in [-0.3, -0.25) is 9.59 Å². The van der Waals surface area contributed by atoms with E-state index in [9.17, 15) is 9.59 Å². The molecule has 0 bridgehead atoms. The first-order valence-corrected chi connectivity index (χ1v) is 8.21. The molecule has 126 valence electrons. The Morgan fingerprint density at radius 2 is 1.71 bits per heavy atom. The van der Waals surface area contributed by atoms with E-state index in [1.54, 1.807) is 24.3 Å². The van der Waals surface area contributed by atoms with Crippen molar-refractivity contribution in [1.29, 1.82) is 0 Å². The second-order valence-electron chi connectivity index (χ2n) is 5.48. The summed E-state index contributed by atoms with van der Waals surface area (Å²) < 4.78 is 0. The average Bonchev–Trinajstić information content (AvgIpc) is 2.55. The van der Waals surface area contributed by atoms with E-state index in [0.717, 1.165) is 11.1 Å². The monoisotopic (exact) mass is 364 g/mol. The Morgan fingerprint density at radius 3 is 2.29 bits per heavy atom. The molecule has 0 saturated heterocycles. The van der Waals surface area contributed by atoms with Crippen molar-refractivity contribution in [2.45, 2.75) is 26.4 Å². The lowest BCUT2D eigenvalue weighted by Crippen LogP contribution is -2.26. The molecular formula is C18H18Cl2N2O2. The maximum absolute atomic E-state index is 12.3. The second kappa shape index (κ2) is 8.18. The first kappa shape index (κ1) is 18.3. The number of carbonyl (C=O) groups excluding carboxylic acids is 2. The van der Waals surface area contributed by atoms with E-state index in [0.29, 0.717) is 22.2 Å². The van der Waals surface area contributed by atoms with Gasteiger partial charge in [-0.25, -0.2) is 0 Å². The van der Waals surface area contributed by atoms with Crippen molar-refractivity contribution in [2.75, 3.05) is 0 Å². The van der Waals surface area contributed by atoms with E-state index in [1.807, 2.05) is 25.1 Å². The van der Waals surface area contributed by atoms with Crippen LogP contribution >= 0.6 is 23.2 Å². The molecule has 2 rings (SSSR count). The van der Waals surface area contributed by atoms with E-state index in [-0.39, 0.29) is 17.9 Å². The van der Waals surface area contributed by atoms with Crippen molar-refractivity contribution < 1.29 is 9.59 Å². The quantitative estimate of drug-likeness (QED) is 0.838. The summed E-state index contributed by atoms with van der Waals surface area (Å²) in [6.07, 6.45) is 0. The van der Waals surface area contributed by atoms with Gasteiger partial charge in [-0.05, 0) is 42.3 Å². The Hall–Kier alpha value is -2.04. The molecule has 0 spiro atoms. The van der Waals surface area contributed by atoms with Crippen LogP contribution in [-0.2, 0) is 11.3 Å². The van der Waals surface area contributed by atoms with Crippen LogP contribution in [0.1, 0.15) is 41.4 Å². The van der Waals surface area contributed by atoms with Crippen molar-refractivity contribution in [3.05, 3.63) is 69.2 Å². The highest BCUT2D eigenvalue weighted by atomic mass is 35.5. The molecule has 2 aromatic rings.